The topological polar surface area (TPSA) is 293 Å². The molecule has 6 atom stereocenters. The highest BCUT2D eigenvalue weighted by molar-refractivity contribution is 6.33. The zero-order valence-electron chi connectivity index (χ0n) is 65.6. The zero-order chi connectivity index (χ0) is 80.5. The normalized spacial score (nSPS) is 19.3. The molecule has 0 N–H and O–H groups in total. The largest absolute Gasteiger partial charge is 0.403 e. The first kappa shape index (κ1) is 76.0. The number of rotatable bonds is 8. The Morgan fingerprint density at radius 2 is 0.672 bits per heavy atom. The van der Waals surface area contributed by atoms with Crippen LogP contribution in [0.15, 0.2) is 208 Å². The maximum absolute atomic E-state index is 14.0. The molecule has 20 rings (SSSR count). The predicted molar refractivity (Wildman–Crippen MR) is 445 cm³/mol. The third-order valence-corrected chi connectivity index (χ3v) is 23.0. The van der Waals surface area contributed by atoms with Crippen LogP contribution in [-0.4, -0.2) is 217 Å². The number of piperazine rings is 4. The van der Waals surface area contributed by atoms with Crippen LogP contribution in [0.5, 0.6) is 0 Å². The molecule has 0 bridgehead atoms. The Bertz CT molecular complexity index is 6370. The van der Waals surface area contributed by atoms with E-state index in [-0.39, 0.29) is 16.9 Å². The minimum atomic E-state index is -0.545. The lowest BCUT2D eigenvalue weighted by atomic mass is 10.1. The van der Waals surface area contributed by atoms with Crippen LogP contribution in [0.2, 0.25) is 5.02 Å². The molecule has 592 valence electrons. The van der Waals surface area contributed by atoms with Crippen molar-refractivity contribution in [1.29, 1.82) is 0 Å². The highest BCUT2D eigenvalue weighted by Crippen LogP contribution is 2.32. The van der Waals surface area contributed by atoms with Gasteiger partial charge in [0.15, 0.2) is 17.1 Å². The maximum Gasteiger partial charge on any atom is 0.347 e. The molecular formula is C84H84ClFN22O8. The first-order valence-electron chi connectivity index (χ1n) is 38.5. The fraction of sp³-hybridized carbons (Fsp3) is 0.310. The van der Waals surface area contributed by atoms with E-state index in [0.717, 1.165) is 105 Å². The Balaban J connectivity index is 0.000000111. The van der Waals surface area contributed by atoms with Crippen molar-refractivity contribution >= 4 is 102 Å². The van der Waals surface area contributed by atoms with E-state index in [9.17, 15) is 23.6 Å². The average Bonchev–Trinajstić information content (AvgIpc) is 1.41. The predicted octanol–water partition coefficient (Wildman–Crippen LogP) is 10.9. The van der Waals surface area contributed by atoms with Gasteiger partial charge < -0.3 is 51.0 Å². The summed E-state index contributed by atoms with van der Waals surface area (Å²) in [7, 11) is 8.54. The van der Waals surface area contributed by atoms with Gasteiger partial charge in [-0.2, -0.15) is 19.9 Å². The molecule has 0 aromatic carbocycles. The van der Waals surface area contributed by atoms with Gasteiger partial charge in [0.2, 0.25) is 34.4 Å². The number of anilines is 4. The van der Waals surface area contributed by atoms with Gasteiger partial charge in [-0.25, -0.2) is 53.5 Å². The second-order valence-electron chi connectivity index (χ2n) is 30.5. The maximum atomic E-state index is 14.0. The lowest BCUT2D eigenvalue weighted by Crippen LogP contribution is -2.55. The summed E-state index contributed by atoms with van der Waals surface area (Å²) in [5, 5.41) is 3.51. The zero-order valence-corrected chi connectivity index (χ0v) is 66.3. The van der Waals surface area contributed by atoms with Crippen molar-refractivity contribution in [3.63, 3.8) is 0 Å². The number of hydrogen-bond donors (Lipinski definition) is 0. The van der Waals surface area contributed by atoms with E-state index in [1.807, 2.05) is 85.3 Å². The van der Waals surface area contributed by atoms with Gasteiger partial charge >= 0.3 is 22.5 Å². The quantitative estimate of drug-likeness (QED) is 0.136. The molecule has 0 radical (unpaired) electrons. The van der Waals surface area contributed by atoms with Crippen LogP contribution in [0.3, 0.4) is 0 Å². The van der Waals surface area contributed by atoms with Gasteiger partial charge in [-0.1, -0.05) is 11.6 Å². The Hall–Kier alpha value is -12.7. The molecule has 4 fully saturated rings. The summed E-state index contributed by atoms with van der Waals surface area (Å²) < 4.78 is 43.1. The molecular weight excluding hydrogens is 1500 g/mol. The number of halogens is 2. The lowest BCUT2D eigenvalue weighted by molar-refractivity contribution is 0.169. The highest BCUT2D eigenvalue weighted by atomic mass is 35.5. The van der Waals surface area contributed by atoms with Crippen LogP contribution >= 0.6 is 11.6 Å². The number of fused-ring (bicyclic) bond motifs is 8. The van der Waals surface area contributed by atoms with Crippen molar-refractivity contribution in [2.45, 2.75) is 77.8 Å². The fourth-order valence-corrected chi connectivity index (χ4v) is 15.5. The van der Waals surface area contributed by atoms with Crippen LogP contribution in [0.4, 0.5) is 27.7 Å². The van der Waals surface area contributed by atoms with Gasteiger partial charge in [-0.15, -0.1) is 0 Å². The van der Waals surface area contributed by atoms with Crippen LogP contribution < -0.4 is 42.1 Å². The van der Waals surface area contributed by atoms with E-state index in [4.69, 9.17) is 29.3 Å². The first-order valence-corrected chi connectivity index (χ1v) is 38.9. The SMILES string of the molecule is CN1CCN(c2ccc3cc(-c4cn5cccnc5n4)c(=O)oc3n2)CC1.C[C@@H]1CN(c2ccc3cc(-c4cn5cccc(Cl)c5n4)c(=O)oc3n2)C[C@H](C)N1C.C[C@@H]1CN(c2ccc3cc(-c4cn5cccc(F)c5n4)c(=O)oc3n2)C[C@H](C)N1C.C[C@@H]1CN(c2ccc3cc(-c4cn5cccnc5n4)c(=O)oc3n2)C[C@H](C)N1C. The third-order valence-electron chi connectivity index (χ3n) is 22.7. The molecule has 4 saturated heterocycles. The summed E-state index contributed by atoms with van der Waals surface area (Å²) in [6.07, 6.45) is 17.5. The van der Waals surface area contributed by atoms with E-state index in [2.05, 4.69) is 159 Å². The molecule has 32 heteroatoms. The molecule has 116 heavy (non-hydrogen) atoms. The van der Waals surface area contributed by atoms with Crippen molar-refractivity contribution < 1.29 is 22.1 Å². The van der Waals surface area contributed by atoms with Gasteiger partial charge in [-0.3, -0.25) is 23.5 Å². The van der Waals surface area contributed by atoms with Gasteiger partial charge in [0, 0.05) is 185 Å². The molecule has 0 amide bonds. The van der Waals surface area contributed by atoms with Crippen LogP contribution in [0.1, 0.15) is 41.5 Å². The van der Waals surface area contributed by atoms with E-state index in [0.29, 0.717) is 120 Å². The molecule has 16 aromatic heterocycles. The molecule has 20 heterocycles. The molecule has 0 aliphatic carbocycles. The fourth-order valence-electron chi connectivity index (χ4n) is 15.3. The van der Waals surface area contributed by atoms with Crippen molar-refractivity contribution in [3.8, 4) is 45.0 Å². The van der Waals surface area contributed by atoms with Crippen molar-refractivity contribution in [3.05, 3.63) is 224 Å². The summed E-state index contributed by atoms with van der Waals surface area (Å²) in [6, 6.07) is 35.3. The lowest BCUT2D eigenvalue weighted by Gasteiger charge is -2.42. The van der Waals surface area contributed by atoms with Crippen LogP contribution in [-0.2, 0) is 0 Å². The minimum absolute atomic E-state index is 0.166. The molecule has 16 aromatic rings. The van der Waals surface area contributed by atoms with E-state index in [1.165, 1.54) is 6.07 Å². The van der Waals surface area contributed by atoms with Crippen molar-refractivity contribution in [2.75, 3.05) is 113 Å². The Kier molecular flexibility index (Phi) is 20.5. The van der Waals surface area contributed by atoms with E-state index < -0.39 is 28.3 Å². The minimum Gasteiger partial charge on any atom is -0.403 e. The standard InChI is InChI=1S/C22H22ClN5O2.C22H22FN5O2.C21H22N6O2.C19H18N6O2/c2*1-13-10-28(11-14(2)26(13)3)19-7-6-15-9-16(22(29)30-21(15)25-19)18-12-27-8-4-5-17(23)20(27)24-18;1-13-10-27(11-14(2)25(13)3)18-6-5-15-9-16(20(28)29-19(15)24-18)17-12-26-8-4-7-22-21(26)23-17;1-23-7-9-24(10-8-23)16-4-3-13-11-14(18(26)27-17(13)22-16)15-12-25-6-2-5-20-19(25)21-15/h2*4-9,12-14H,10-11H2,1-3H3;4-9,12-14H,10-11H2,1-3H3;2-6,11-12H,7-10H2,1H3/t3*13-,14+;. The average molecular weight is 1580 g/mol. The van der Waals surface area contributed by atoms with E-state index in [1.54, 1.807) is 97.4 Å². The van der Waals surface area contributed by atoms with Gasteiger partial charge in [-0.05, 0) is 179 Å². The van der Waals surface area contributed by atoms with Crippen molar-refractivity contribution in [2.24, 2.45) is 0 Å². The summed E-state index contributed by atoms with van der Waals surface area (Å²) >= 11 is 6.21. The molecule has 4 aliphatic heterocycles. The number of aromatic nitrogens is 14. The molecule has 0 saturated carbocycles. The molecule has 4 aliphatic rings. The summed E-state index contributed by atoms with van der Waals surface area (Å²) in [5.41, 5.74) is 3.59. The summed E-state index contributed by atoms with van der Waals surface area (Å²) in [5.74, 6) is 3.91. The second-order valence-corrected chi connectivity index (χ2v) is 30.9. The van der Waals surface area contributed by atoms with Crippen molar-refractivity contribution in [1.82, 2.24) is 87.0 Å². The number of nitrogens with zero attached hydrogens (tertiary/aromatic N) is 22. The highest BCUT2D eigenvalue weighted by Gasteiger charge is 2.32. The molecule has 30 nitrogen and oxygen atoms in total. The Labute approximate surface area is 667 Å². The third kappa shape index (κ3) is 15.2. The van der Waals surface area contributed by atoms with Crippen LogP contribution in [0.25, 0.3) is 112 Å². The monoisotopic (exact) mass is 1580 g/mol. The molecule has 0 unspecified atom stereocenters. The van der Waals surface area contributed by atoms with Gasteiger partial charge in [0.1, 0.15) is 23.3 Å². The van der Waals surface area contributed by atoms with E-state index >= 15 is 0 Å². The number of hydrogen-bond acceptors (Lipinski definition) is 26. The Morgan fingerprint density at radius 1 is 0.362 bits per heavy atom. The van der Waals surface area contributed by atoms with Crippen LogP contribution in [0, 0.1) is 5.82 Å². The smallest absolute Gasteiger partial charge is 0.347 e. The first-order chi connectivity index (χ1) is 56.0. The summed E-state index contributed by atoms with van der Waals surface area (Å²) in [4.78, 5) is 113. The van der Waals surface area contributed by atoms with Gasteiger partial charge in [0.25, 0.3) is 0 Å². The summed E-state index contributed by atoms with van der Waals surface area (Å²) in [6.45, 7) is 22.2. The number of pyridine rings is 6. The number of likely N-dealkylation sites (N-methyl/N-ethyl adjacent to an activating group) is 4. The Morgan fingerprint density at radius 3 is 1.02 bits per heavy atom. The second kappa shape index (κ2) is 31.3. The number of imidazole rings is 4. The molecule has 0 spiro atoms. The van der Waals surface area contributed by atoms with Gasteiger partial charge in [0.05, 0.1) is 50.1 Å².